The molecule has 2 heterocycles. The van der Waals surface area contributed by atoms with E-state index in [4.69, 9.17) is 16.3 Å². The highest BCUT2D eigenvalue weighted by Crippen LogP contribution is 2.28. The molecule has 0 fully saturated rings. The lowest BCUT2D eigenvalue weighted by molar-refractivity contribution is -0.122. The molecule has 1 amide bonds. The maximum absolute atomic E-state index is 13.1. The highest BCUT2D eigenvalue weighted by Gasteiger charge is 2.17. The Morgan fingerprint density at radius 2 is 1.97 bits per heavy atom. The summed E-state index contributed by atoms with van der Waals surface area (Å²) in [6, 6.07) is 14.7. The zero-order valence-corrected chi connectivity index (χ0v) is 17.4. The monoisotopic (exact) mass is 424 g/mol. The van der Waals surface area contributed by atoms with Crippen molar-refractivity contribution < 1.29 is 9.53 Å². The van der Waals surface area contributed by atoms with Gasteiger partial charge in [0.15, 0.2) is 0 Å². The van der Waals surface area contributed by atoms with Crippen LogP contribution in [0.3, 0.4) is 0 Å². The van der Waals surface area contributed by atoms with Crippen LogP contribution in [0.15, 0.2) is 53.3 Å². The highest BCUT2D eigenvalue weighted by atomic mass is 35.5. The molecule has 154 valence electrons. The first-order valence-electron chi connectivity index (χ1n) is 9.61. The van der Waals surface area contributed by atoms with Crippen molar-refractivity contribution in [2.24, 2.45) is 0 Å². The van der Waals surface area contributed by atoms with Crippen LogP contribution in [0, 0.1) is 0 Å². The lowest BCUT2D eigenvalue weighted by Crippen LogP contribution is -2.35. The summed E-state index contributed by atoms with van der Waals surface area (Å²) in [5, 5.41) is 8.65. The molecule has 0 aliphatic heterocycles. The minimum Gasteiger partial charge on any atom is -0.496 e. The highest BCUT2D eigenvalue weighted by molar-refractivity contribution is 6.31. The van der Waals surface area contributed by atoms with E-state index in [1.807, 2.05) is 47.7 Å². The first-order valence-corrected chi connectivity index (χ1v) is 9.99. The molecule has 2 aromatic carbocycles. The predicted molar refractivity (Wildman–Crippen MR) is 116 cm³/mol. The summed E-state index contributed by atoms with van der Waals surface area (Å²) in [6.45, 7) is 2.06. The van der Waals surface area contributed by atoms with Gasteiger partial charge in [0, 0.05) is 23.4 Å². The van der Waals surface area contributed by atoms with E-state index in [0.717, 1.165) is 16.5 Å². The van der Waals surface area contributed by atoms with E-state index >= 15 is 0 Å². The summed E-state index contributed by atoms with van der Waals surface area (Å²) in [7, 11) is 1.59. The smallest absolute Gasteiger partial charge is 0.291 e. The summed E-state index contributed by atoms with van der Waals surface area (Å²) in [5.74, 6) is 1.05. The second kappa shape index (κ2) is 8.20. The Bertz CT molecular complexity index is 1310. The van der Waals surface area contributed by atoms with Crippen molar-refractivity contribution in [2.45, 2.75) is 26.4 Å². The molecular formula is C22H21ClN4O3. The Balaban J connectivity index is 1.68. The Labute approximate surface area is 177 Å². The zero-order chi connectivity index (χ0) is 21.3. The quantitative estimate of drug-likeness (QED) is 0.515. The van der Waals surface area contributed by atoms with E-state index < -0.39 is 0 Å². The van der Waals surface area contributed by atoms with Crippen LogP contribution in [0.5, 0.6) is 5.75 Å². The normalized spacial score (nSPS) is 11.2. The van der Waals surface area contributed by atoms with Gasteiger partial charge >= 0.3 is 0 Å². The van der Waals surface area contributed by atoms with Gasteiger partial charge in [0.1, 0.15) is 23.6 Å². The number of hydrogen-bond donors (Lipinski definition) is 1. The number of nitrogens with one attached hydrogen (secondary N) is 1. The van der Waals surface area contributed by atoms with Crippen LogP contribution in [-0.4, -0.2) is 27.2 Å². The van der Waals surface area contributed by atoms with Gasteiger partial charge in [-0.2, -0.15) is 5.10 Å². The average Bonchev–Trinajstić information content (AvgIpc) is 3.15. The molecule has 7 nitrogen and oxygen atoms in total. The Morgan fingerprint density at radius 3 is 2.70 bits per heavy atom. The fourth-order valence-corrected chi connectivity index (χ4v) is 3.74. The number of carbonyl (C=O) groups excluding carboxylic acids is 1. The Hall–Kier alpha value is -3.32. The SMILES string of the molecule is CCc1nn(CC(=O)NCc2ccccc2Cl)c(=O)c2cc3c(OC)cccc3n12. The van der Waals surface area contributed by atoms with E-state index in [0.29, 0.717) is 28.5 Å². The Kier molecular flexibility index (Phi) is 5.46. The third-order valence-electron chi connectivity index (χ3n) is 5.02. The maximum atomic E-state index is 13.1. The minimum absolute atomic E-state index is 0.175. The Morgan fingerprint density at radius 1 is 1.17 bits per heavy atom. The van der Waals surface area contributed by atoms with Crippen molar-refractivity contribution in [1.82, 2.24) is 19.5 Å². The number of methoxy groups -OCH3 is 1. The van der Waals surface area contributed by atoms with Gasteiger partial charge in [-0.3, -0.25) is 14.0 Å². The second-order valence-electron chi connectivity index (χ2n) is 6.86. The largest absolute Gasteiger partial charge is 0.496 e. The standard InChI is InChI=1S/C22H21ClN4O3/c1-3-20-25-26(13-21(28)24-12-14-7-4-5-8-16(14)23)22(29)18-11-15-17(27(18)20)9-6-10-19(15)30-2/h4-11H,3,12-13H2,1-2H3,(H,24,28). The van der Waals surface area contributed by atoms with E-state index in [1.165, 1.54) is 4.68 Å². The molecule has 1 N–H and O–H groups in total. The molecule has 2 aromatic heterocycles. The molecular weight excluding hydrogens is 404 g/mol. The van der Waals surface area contributed by atoms with Gasteiger partial charge in [0.25, 0.3) is 5.56 Å². The van der Waals surface area contributed by atoms with Crippen LogP contribution in [0.2, 0.25) is 5.02 Å². The third kappa shape index (κ3) is 3.52. The number of fused-ring (bicyclic) bond motifs is 3. The fraction of sp³-hybridized carbons (Fsp3) is 0.227. The molecule has 4 rings (SSSR count). The first kappa shape index (κ1) is 20.0. The van der Waals surface area contributed by atoms with Gasteiger partial charge in [-0.05, 0) is 29.8 Å². The molecule has 30 heavy (non-hydrogen) atoms. The number of aryl methyl sites for hydroxylation is 1. The third-order valence-corrected chi connectivity index (χ3v) is 5.39. The molecule has 4 aromatic rings. The van der Waals surface area contributed by atoms with Gasteiger partial charge in [0.05, 0.1) is 12.6 Å². The van der Waals surface area contributed by atoms with Crippen LogP contribution in [-0.2, 0) is 24.3 Å². The number of hydrogen-bond acceptors (Lipinski definition) is 4. The van der Waals surface area contributed by atoms with E-state index in [1.54, 1.807) is 19.2 Å². The average molecular weight is 425 g/mol. The van der Waals surface area contributed by atoms with Gasteiger partial charge in [-0.15, -0.1) is 0 Å². The molecule has 0 aliphatic carbocycles. The van der Waals surface area contributed by atoms with Crippen LogP contribution >= 0.6 is 11.6 Å². The number of amides is 1. The second-order valence-corrected chi connectivity index (χ2v) is 7.27. The van der Waals surface area contributed by atoms with E-state index in [9.17, 15) is 9.59 Å². The minimum atomic E-state index is -0.335. The molecule has 0 saturated heterocycles. The molecule has 0 spiro atoms. The van der Waals surface area contributed by atoms with Crippen LogP contribution in [0.25, 0.3) is 16.4 Å². The molecule has 0 radical (unpaired) electrons. The fourth-order valence-electron chi connectivity index (χ4n) is 3.54. The molecule has 8 heteroatoms. The maximum Gasteiger partial charge on any atom is 0.291 e. The number of ether oxygens (including phenoxy) is 1. The van der Waals surface area contributed by atoms with E-state index in [-0.39, 0.29) is 24.6 Å². The van der Waals surface area contributed by atoms with Crippen LogP contribution in [0.4, 0.5) is 0 Å². The number of aromatic nitrogens is 3. The molecule has 0 unspecified atom stereocenters. The van der Waals surface area contributed by atoms with Gasteiger partial charge in [-0.25, -0.2) is 4.68 Å². The lowest BCUT2D eigenvalue weighted by atomic mass is 10.2. The summed E-state index contributed by atoms with van der Waals surface area (Å²) >= 11 is 6.13. The van der Waals surface area contributed by atoms with Crippen molar-refractivity contribution in [1.29, 1.82) is 0 Å². The number of nitrogens with zero attached hydrogens (tertiary/aromatic N) is 3. The van der Waals surface area contributed by atoms with Crippen LogP contribution < -0.4 is 15.6 Å². The van der Waals surface area contributed by atoms with Crippen molar-refractivity contribution in [3.8, 4) is 5.75 Å². The number of carbonyl (C=O) groups is 1. The summed E-state index contributed by atoms with van der Waals surface area (Å²) in [5.41, 5.74) is 1.78. The van der Waals surface area contributed by atoms with Crippen molar-refractivity contribution in [3.63, 3.8) is 0 Å². The van der Waals surface area contributed by atoms with Crippen molar-refractivity contribution in [3.05, 3.63) is 75.3 Å². The number of benzene rings is 2. The zero-order valence-electron chi connectivity index (χ0n) is 16.7. The number of rotatable bonds is 6. The van der Waals surface area contributed by atoms with Crippen LogP contribution in [0.1, 0.15) is 18.3 Å². The van der Waals surface area contributed by atoms with Crippen molar-refractivity contribution in [2.75, 3.05) is 7.11 Å². The van der Waals surface area contributed by atoms with Gasteiger partial charge in [0.2, 0.25) is 5.91 Å². The topological polar surface area (TPSA) is 77.6 Å². The summed E-state index contributed by atoms with van der Waals surface area (Å²) < 4.78 is 8.47. The molecule has 0 bridgehead atoms. The first-order chi connectivity index (χ1) is 14.5. The summed E-state index contributed by atoms with van der Waals surface area (Å²) in [4.78, 5) is 25.5. The molecule has 0 aliphatic rings. The number of halogens is 1. The van der Waals surface area contributed by atoms with Crippen molar-refractivity contribution >= 4 is 33.9 Å². The van der Waals surface area contributed by atoms with E-state index in [2.05, 4.69) is 10.4 Å². The summed E-state index contributed by atoms with van der Waals surface area (Å²) in [6.07, 6.45) is 0.596. The lowest BCUT2D eigenvalue weighted by Gasteiger charge is -2.11. The molecule has 0 atom stereocenters. The molecule has 0 saturated carbocycles. The predicted octanol–water partition coefficient (Wildman–Crippen LogP) is 3.19. The van der Waals surface area contributed by atoms with Gasteiger partial charge < -0.3 is 10.1 Å². The van der Waals surface area contributed by atoms with Gasteiger partial charge in [-0.1, -0.05) is 42.8 Å².